The molecule has 0 amide bonds. The molecule has 2 aliphatic carbocycles. The lowest BCUT2D eigenvalue weighted by molar-refractivity contribution is -0.0910. The predicted molar refractivity (Wildman–Crippen MR) is 129 cm³/mol. The topological polar surface area (TPSA) is 67.1 Å². The molecule has 3 aromatic heterocycles. The van der Waals surface area contributed by atoms with Crippen LogP contribution in [0.15, 0.2) is 43.9 Å². The molecule has 2 N–H and O–H groups in total. The predicted octanol–water partition coefficient (Wildman–Crippen LogP) is 5.05. The maximum Gasteiger partial charge on any atom is 0.251 e. The van der Waals surface area contributed by atoms with Crippen molar-refractivity contribution in [2.24, 2.45) is 0 Å². The fraction of sp³-hybridized carbons (Fsp3) is 0.400. The summed E-state index contributed by atoms with van der Waals surface area (Å²) in [7, 11) is 1.71. The van der Waals surface area contributed by atoms with Crippen molar-refractivity contribution in [3.8, 4) is 0 Å². The maximum atomic E-state index is 13.7. The largest absolute Gasteiger partial charge is 0.351 e. The molecular weight excluding hydrogens is 441 g/mol. The van der Waals surface area contributed by atoms with Gasteiger partial charge in [-0.05, 0) is 50.1 Å². The summed E-state index contributed by atoms with van der Waals surface area (Å²) in [5, 5.41) is 10.0. The Kier molecular flexibility index (Phi) is 6.49. The number of hydrogen-bond donors (Lipinski definition) is 2. The molecular formula is C25H29F3N6. The van der Waals surface area contributed by atoms with Crippen LogP contribution in [0.4, 0.5) is 19.1 Å². The van der Waals surface area contributed by atoms with E-state index in [1.54, 1.807) is 30.0 Å². The van der Waals surface area contributed by atoms with Crippen LogP contribution in [-0.4, -0.2) is 50.8 Å². The van der Waals surface area contributed by atoms with Gasteiger partial charge in [-0.2, -0.15) is 5.10 Å². The molecule has 0 atom stereocenters. The van der Waals surface area contributed by atoms with E-state index in [4.69, 9.17) is 0 Å². The summed E-state index contributed by atoms with van der Waals surface area (Å²) in [6.45, 7) is 10.2. The zero-order valence-electron chi connectivity index (χ0n) is 19.4. The monoisotopic (exact) mass is 470 g/mol. The Morgan fingerprint density at radius 3 is 2.56 bits per heavy atom. The van der Waals surface area contributed by atoms with Gasteiger partial charge in [0.15, 0.2) is 0 Å². The second-order valence-corrected chi connectivity index (χ2v) is 8.97. The number of hydrogen-bond acceptors (Lipinski definition) is 5. The van der Waals surface area contributed by atoms with Gasteiger partial charge in [-0.3, -0.25) is 0 Å². The van der Waals surface area contributed by atoms with Gasteiger partial charge in [0, 0.05) is 42.4 Å². The summed E-state index contributed by atoms with van der Waals surface area (Å²) >= 11 is 0. The minimum absolute atomic E-state index is 0.0174. The van der Waals surface area contributed by atoms with Crippen molar-refractivity contribution in [3.63, 3.8) is 0 Å². The standard InChI is InChI=1S/C20H20FN5.C5H9F2N/c1-4-15-10-24-26-8-5-16(9-18(15)26)13(2)17-11-22-19(25-14(17)3)23-12-20(21)6-7-20;1-8-4-2-5(6,7)3-4/h4-5,8-11H,1-2,6-7,12H2,3H3,(H,22,23,25);4,8H,2-3H2,1H3. The molecule has 2 fully saturated rings. The van der Waals surface area contributed by atoms with Crippen molar-refractivity contribution in [3.05, 3.63) is 66.3 Å². The number of aryl methyl sites for hydroxylation is 1. The number of nitrogens with one attached hydrogen (secondary N) is 2. The van der Waals surface area contributed by atoms with E-state index in [1.807, 2.05) is 25.3 Å². The highest BCUT2D eigenvalue weighted by atomic mass is 19.3. The molecule has 0 bridgehead atoms. The minimum atomic E-state index is -2.37. The SMILES string of the molecule is C=Cc1cnn2ccc(C(=C)c3cnc(NCC4(F)CC4)nc3C)cc12.CNC1CC(F)(F)C1. The van der Waals surface area contributed by atoms with Crippen molar-refractivity contribution < 1.29 is 13.2 Å². The highest BCUT2D eigenvalue weighted by Crippen LogP contribution is 2.39. The van der Waals surface area contributed by atoms with Crippen molar-refractivity contribution in [2.45, 2.75) is 50.2 Å². The molecule has 2 saturated carbocycles. The Morgan fingerprint density at radius 2 is 2.00 bits per heavy atom. The van der Waals surface area contributed by atoms with E-state index in [0.717, 1.165) is 33.5 Å². The first kappa shape index (κ1) is 23.9. The average Bonchev–Trinajstić information content (AvgIpc) is 3.39. The normalized spacial score (nSPS) is 17.9. The fourth-order valence-corrected chi connectivity index (χ4v) is 3.76. The lowest BCUT2D eigenvalue weighted by atomic mass is 9.88. The second kappa shape index (κ2) is 9.21. The molecule has 3 aromatic rings. The Labute approximate surface area is 197 Å². The van der Waals surface area contributed by atoms with Crippen molar-refractivity contribution in [2.75, 3.05) is 18.9 Å². The van der Waals surface area contributed by atoms with Crippen molar-refractivity contribution in [1.29, 1.82) is 0 Å². The number of alkyl halides is 3. The van der Waals surface area contributed by atoms with Crippen LogP contribution < -0.4 is 10.6 Å². The third-order valence-corrected chi connectivity index (χ3v) is 6.28. The highest BCUT2D eigenvalue weighted by molar-refractivity contribution is 5.82. The van der Waals surface area contributed by atoms with E-state index >= 15 is 0 Å². The number of pyridine rings is 1. The number of fused-ring (bicyclic) bond motifs is 1. The Bertz CT molecular complexity index is 1210. The summed E-state index contributed by atoms with van der Waals surface area (Å²) in [6.07, 6.45) is 8.44. The third kappa shape index (κ3) is 5.30. The van der Waals surface area contributed by atoms with Crippen LogP contribution in [0.5, 0.6) is 0 Å². The summed E-state index contributed by atoms with van der Waals surface area (Å²) in [5.41, 5.74) is 4.31. The van der Waals surface area contributed by atoms with Crippen LogP contribution in [0, 0.1) is 6.92 Å². The average molecular weight is 471 g/mol. The van der Waals surface area contributed by atoms with E-state index in [9.17, 15) is 13.2 Å². The van der Waals surface area contributed by atoms with Crippen LogP contribution in [0.1, 0.15) is 48.1 Å². The van der Waals surface area contributed by atoms with Crippen molar-refractivity contribution >= 4 is 23.1 Å². The smallest absolute Gasteiger partial charge is 0.251 e. The molecule has 34 heavy (non-hydrogen) atoms. The van der Waals surface area contributed by atoms with Gasteiger partial charge in [0.25, 0.3) is 5.92 Å². The number of anilines is 1. The molecule has 0 spiro atoms. The van der Waals surface area contributed by atoms with E-state index in [-0.39, 0.29) is 25.4 Å². The van der Waals surface area contributed by atoms with Gasteiger partial charge in [-0.1, -0.05) is 19.2 Å². The van der Waals surface area contributed by atoms with E-state index in [1.165, 1.54) is 0 Å². The summed E-state index contributed by atoms with van der Waals surface area (Å²) < 4.78 is 39.4. The van der Waals surface area contributed by atoms with Crippen LogP contribution in [0.2, 0.25) is 0 Å². The number of halogens is 3. The number of rotatable bonds is 7. The molecule has 180 valence electrons. The second-order valence-electron chi connectivity index (χ2n) is 8.97. The number of nitrogens with zero attached hydrogens (tertiary/aromatic N) is 4. The molecule has 3 heterocycles. The van der Waals surface area contributed by atoms with Crippen LogP contribution in [0.3, 0.4) is 0 Å². The van der Waals surface area contributed by atoms with Gasteiger partial charge in [-0.25, -0.2) is 27.7 Å². The number of aromatic nitrogens is 4. The molecule has 0 saturated heterocycles. The Morgan fingerprint density at radius 1 is 1.26 bits per heavy atom. The molecule has 0 aliphatic heterocycles. The first-order valence-electron chi connectivity index (χ1n) is 11.2. The Hall–Kier alpha value is -3.20. The van der Waals surface area contributed by atoms with E-state index < -0.39 is 11.6 Å². The van der Waals surface area contributed by atoms with Gasteiger partial charge >= 0.3 is 0 Å². The van der Waals surface area contributed by atoms with Crippen molar-refractivity contribution in [1.82, 2.24) is 24.9 Å². The van der Waals surface area contributed by atoms with Gasteiger partial charge in [-0.15, -0.1) is 0 Å². The van der Waals surface area contributed by atoms with Crippen LogP contribution in [0.25, 0.3) is 17.2 Å². The van der Waals surface area contributed by atoms with Gasteiger partial charge in [0.05, 0.1) is 24.0 Å². The van der Waals surface area contributed by atoms with E-state index in [0.29, 0.717) is 18.8 Å². The third-order valence-electron chi connectivity index (χ3n) is 6.28. The fourth-order valence-electron chi connectivity index (χ4n) is 3.76. The lowest BCUT2D eigenvalue weighted by Gasteiger charge is -2.34. The zero-order valence-corrected chi connectivity index (χ0v) is 19.4. The van der Waals surface area contributed by atoms with Gasteiger partial charge < -0.3 is 10.6 Å². The summed E-state index contributed by atoms with van der Waals surface area (Å²) in [6, 6.07) is 4.04. The van der Waals surface area contributed by atoms with Gasteiger partial charge in [0.2, 0.25) is 5.95 Å². The minimum Gasteiger partial charge on any atom is -0.351 e. The quantitative estimate of drug-likeness (QED) is 0.506. The first-order chi connectivity index (χ1) is 16.1. The molecule has 0 unspecified atom stereocenters. The molecule has 0 radical (unpaired) electrons. The Balaban J connectivity index is 0.000000291. The molecule has 0 aromatic carbocycles. The molecule has 6 nitrogen and oxygen atoms in total. The lowest BCUT2D eigenvalue weighted by Crippen LogP contribution is -2.46. The highest BCUT2D eigenvalue weighted by Gasteiger charge is 2.44. The van der Waals surface area contributed by atoms with Crippen LogP contribution in [-0.2, 0) is 0 Å². The summed E-state index contributed by atoms with van der Waals surface area (Å²) in [4.78, 5) is 8.77. The zero-order chi connectivity index (χ0) is 24.5. The van der Waals surface area contributed by atoms with Gasteiger partial charge in [0.1, 0.15) is 5.67 Å². The summed E-state index contributed by atoms with van der Waals surface area (Å²) in [5.74, 6) is -1.92. The first-order valence-corrected chi connectivity index (χ1v) is 11.2. The molecule has 5 rings (SSSR count). The van der Waals surface area contributed by atoms with E-state index in [2.05, 4.69) is 38.9 Å². The maximum absolute atomic E-state index is 13.7. The van der Waals surface area contributed by atoms with Crippen LogP contribution >= 0.6 is 0 Å². The molecule has 2 aliphatic rings. The molecule has 9 heteroatoms.